The van der Waals surface area contributed by atoms with Crippen LogP contribution in [0.1, 0.15) is 30.9 Å². The van der Waals surface area contributed by atoms with Gasteiger partial charge in [-0.25, -0.2) is 9.98 Å². The lowest BCUT2D eigenvalue weighted by Crippen LogP contribution is -2.36. The molecule has 5 nitrogen and oxygen atoms in total. The Balaban J connectivity index is 1.53. The molecule has 1 aliphatic rings. The van der Waals surface area contributed by atoms with Crippen molar-refractivity contribution in [1.82, 2.24) is 15.6 Å². The van der Waals surface area contributed by atoms with Gasteiger partial charge in [-0.3, -0.25) is 0 Å². The van der Waals surface area contributed by atoms with Gasteiger partial charge < -0.3 is 15.4 Å². The van der Waals surface area contributed by atoms with Gasteiger partial charge >= 0.3 is 0 Å². The number of hydrogen-bond acceptors (Lipinski definition) is 4. The van der Waals surface area contributed by atoms with Gasteiger partial charge in [0.05, 0.1) is 13.2 Å². The SMILES string of the molecule is CCNC(=NCc1ccsc1)NCc1ccnc(OCC2CC2)c1. The molecule has 0 radical (unpaired) electrons. The zero-order chi connectivity index (χ0) is 16.6. The van der Waals surface area contributed by atoms with Crippen molar-refractivity contribution in [2.24, 2.45) is 10.9 Å². The van der Waals surface area contributed by atoms with Gasteiger partial charge in [0.1, 0.15) is 0 Å². The number of hydrogen-bond donors (Lipinski definition) is 2. The first-order chi connectivity index (χ1) is 11.8. The van der Waals surface area contributed by atoms with Gasteiger partial charge in [-0.15, -0.1) is 0 Å². The van der Waals surface area contributed by atoms with Crippen molar-refractivity contribution in [2.45, 2.75) is 32.9 Å². The highest BCUT2D eigenvalue weighted by atomic mass is 32.1. The van der Waals surface area contributed by atoms with Gasteiger partial charge in [0.15, 0.2) is 5.96 Å². The fourth-order valence-electron chi connectivity index (χ4n) is 2.21. The first-order valence-corrected chi connectivity index (χ1v) is 9.38. The molecule has 1 fully saturated rings. The van der Waals surface area contributed by atoms with E-state index in [1.807, 2.05) is 12.1 Å². The summed E-state index contributed by atoms with van der Waals surface area (Å²) < 4.78 is 5.74. The largest absolute Gasteiger partial charge is 0.477 e. The van der Waals surface area contributed by atoms with Gasteiger partial charge in [0.25, 0.3) is 0 Å². The Morgan fingerprint density at radius 1 is 1.33 bits per heavy atom. The molecular formula is C18H24N4OS. The first-order valence-electron chi connectivity index (χ1n) is 8.44. The molecule has 128 valence electrons. The van der Waals surface area contributed by atoms with Crippen LogP contribution in [0, 0.1) is 5.92 Å². The van der Waals surface area contributed by atoms with E-state index in [4.69, 9.17) is 4.74 Å². The molecule has 0 spiro atoms. The van der Waals surface area contributed by atoms with E-state index in [9.17, 15) is 0 Å². The van der Waals surface area contributed by atoms with Crippen molar-refractivity contribution in [3.8, 4) is 5.88 Å². The summed E-state index contributed by atoms with van der Waals surface area (Å²) in [7, 11) is 0. The normalized spacial score (nSPS) is 14.5. The average Bonchev–Trinajstić information content (AvgIpc) is 3.29. The lowest BCUT2D eigenvalue weighted by atomic mass is 10.2. The summed E-state index contributed by atoms with van der Waals surface area (Å²) >= 11 is 1.70. The van der Waals surface area contributed by atoms with Gasteiger partial charge in [-0.05, 0) is 59.7 Å². The Hall–Kier alpha value is -2.08. The summed E-state index contributed by atoms with van der Waals surface area (Å²) in [5, 5.41) is 10.8. The van der Waals surface area contributed by atoms with E-state index in [1.165, 1.54) is 18.4 Å². The minimum absolute atomic E-state index is 0.685. The Labute approximate surface area is 147 Å². The number of nitrogens with zero attached hydrogens (tertiary/aromatic N) is 2. The van der Waals surface area contributed by atoms with E-state index in [0.717, 1.165) is 30.6 Å². The van der Waals surface area contributed by atoms with Crippen LogP contribution in [-0.4, -0.2) is 24.1 Å². The van der Waals surface area contributed by atoms with Crippen LogP contribution in [0.2, 0.25) is 0 Å². The molecule has 0 bridgehead atoms. The van der Waals surface area contributed by atoms with Crippen molar-refractivity contribution in [1.29, 1.82) is 0 Å². The second-order valence-electron chi connectivity index (χ2n) is 5.94. The van der Waals surface area contributed by atoms with Crippen LogP contribution in [0.3, 0.4) is 0 Å². The predicted octanol–water partition coefficient (Wildman–Crippen LogP) is 3.19. The number of guanidine groups is 1. The molecule has 3 rings (SSSR count). The highest BCUT2D eigenvalue weighted by molar-refractivity contribution is 7.07. The fourth-order valence-corrected chi connectivity index (χ4v) is 2.87. The fraction of sp³-hybridized carbons (Fsp3) is 0.444. The molecule has 2 aromatic heterocycles. The standard InChI is InChI=1S/C18H24N4OS/c1-2-19-18(22-11-16-6-8-24-13-16)21-10-15-5-7-20-17(9-15)23-12-14-3-4-14/h5-9,13-14H,2-4,10-12H2,1H3,(H2,19,21,22). The van der Waals surface area contributed by atoms with Crippen LogP contribution in [0.5, 0.6) is 5.88 Å². The monoisotopic (exact) mass is 344 g/mol. The molecule has 0 saturated heterocycles. The Bertz CT molecular complexity index is 653. The molecule has 0 aliphatic heterocycles. The summed E-state index contributed by atoms with van der Waals surface area (Å²) in [6.45, 7) is 5.07. The zero-order valence-electron chi connectivity index (χ0n) is 14.0. The molecule has 0 unspecified atom stereocenters. The summed E-state index contributed by atoms with van der Waals surface area (Å²) in [6.07, 6.45) is 4.37. The van der Waals surface area contributed by atoms with E-state index in [2.05, 4.69) is 44.4 Å². The molecule has 6 heteroatoms. The minimum Gasteiger partial charge on any atom is -0.477 e. The zero-order valence-corrected chi connectivity index (χ0v) is 14.8. The van der Waals surface area contributed by atoms with Crippen LogP contribution < -0.4 is 15.4 Å². The maximum Gasteiger partial charge on any atom is 0.213 e. The topological polar surface area (TPSA) is 58.5 Å². The quantitative estimate of drug-likeness (QED) is 0.570. The molecule has 0 atom stereocenters. The van der Waals surface area contributed by atoms with Gasteiger partial charge in [-0.1, -0.05) is 0 Å². The molecule has 1 saturated carbocycles. The number of thiophene rings is 1. The molecule has 1 aliphatic carbocycles. The van der Waals surface area contributed by atoms with Crippen molar-refractivity contribution >= 4 is 17.3 Å². The van der Waals surface area contributed by atoms with Crippen molar-refractivity contribution < 1.29 is 4.74 Å². The van der Waals surface area contributed by atoms with Crippen LogP contribution in [0.15, 0.2) is 40.1 Å². The Morgan fingerprint density at radius 3 is 3.00 bits per heavy atom. The molecule has 24 heavy (non-hydrogen) atoms. The third kappa shape index (κ3) is 5.53. The minimum atomic E-state index is 0.685. The third-order valence-corrected chi connectivity index (χ3v) is 4.50. The molecule has 2 heterocycles. The lowest BCUT2D eigenvalue weighted by Gasteiger charge is -2.12. The number of rotatable bonds is 8. The van der Waals surface area contributed by atoms with Gasteiger partial charge in [0.2, 0.25) is 5.88 Å². The molecule has 2 N–H and O–H groups in total. The lowest BCUT2D eigenvalue weighted by molar-refractivity contribution is 0.288. The second-order valence-corrected chi connectivity index (χ2v) is 6.72. The van der Waals surface area contributed by atoms with E-state index in [1.54, 1.807) is 17.5 Å². The van der Waals surface area contributed by atoms with Gasteiger partial charge in [-0.2, -0.15) is 11.3 Å². The van der Waals surface area contributed by atoms with E-state index in [-0.39, 0.29) is 0 Å². The maximum atomic E-state index is 5.74. The number of pyridine rings is 1. The molecular weight excluding hydrogens is 320 g/mol. The highest BCUT2D eigenvalue weighted by Gasteiger charge is 2.22. The van der Waals surface area contributed by atoms with E-state index in [0.29, 0.717) is 19.0 Å². The molecule has 0 aromatic carbocycles. The summed E-state index contributed by atoms with van der Waals surface area (Å²) in [5.74, 6) is 2.26. The second kappa shape index (κ2) is 8.68. The number of aromatic nitrogens is 1. The van der Waals surface area contributed by atoms with E-state index < -0.39 is 0 Å². The number of ether oxygens (including phenoxy) is 1. The average molecular weight is 344 g/mol. The summed E-state index contributed by atoms with van der Waals surface area (Å²) in [4.78, 5) is 8.89. The van der Waals surface area contributed by atoms with Crippen LogP contribution in [-0.2, 0) is 13.1 Å². The van der Waals surface area contributed by atoms with Crippen molar-refractivity contribution in [3.05, 3.63) is 46.3 Å². The van der Waals surface area contributed by atoms with Crippen LogP contribution >= 0.6 is 11.3 Å². The Kier molecular flexibility index (Phi) is 6.07. The summed E-state index contributed by atoms with van der Waals surface area (Å²) in [6, 6.07) is 6.10. The molecule has 2 aromatic rings. The van der Waals surface area contributed by atoms with Crippen molar-refractivity contribution in [2.75, 3.05) is 13.2 Å². The van der Waals surface area contributed by atoms with Gasteiger partial charge in [0, 0.05) is 25.4 Å². The summed E-state index contributed by atoms with van der Waals surface area (Å²) in [5.41, 5.74) is 2.37. The smallest absolute Gasteiger partial charge is 0.213 e. The van der Waals surface area contributed by atoms with Crippen molar-refractivity contribution in [3.63, 3.8) is 0 Å². The number of aliphatic imine (C=N–C) groups is 1. The predicted molar refractivity (Wildman–Crippen MR) is 98.4 cm³/mol. The van der Waals surface area contributed by atoms with Crippen LogP contribution in [0.25, 0.3) is 0 Å². The third-order valence-electron chi connectivity index (χ3n) is 3.77. The van der Waals surface area contributed by atoms with E-state index >= 15 is 0 Å². The number of nitrogens with one attached hydrogen (secondary N) is 2. The maximum absolute atomic E-state index is 5.74. The first kappa shape index (κ1) is 16.8. The molecule has 0 amide bonds. The Morgan fingerprint density at radius 2 is 2.25 bits per heavy atom. The highest BCUT2D eigenvalue weighted by Crippen LogP contribution is 2.29. The van der Waals surface area contributed by atoms with Crippen LogP contribution in [0.4, 0.5) is 0 Å².